The average molecular weight is 373 g/mol. The van der Waals surface area contributed by atoms with Gasteiger partial charge in [0.15, 0.2) is 4.96 Å². The molecule has 5 rings (SSSR count). The molecule has 0 unspecified atom stereocenters. The van der Waals surface area contributed by atoms with Crippen LogP contribution in [-0.2, 0) is 24.1 Å². The van der Waals surface area contributed by atoms with Gasteiger partial charge in [0.2, 0.25) is 5.91 Å². The second kappa shape index (κ2) is 6.67. The number of hydrogen-bond acceptors (Lipinski definition) is 3. The van der Waals surface area contributed by atoms with Crippen LogP contribution < -0.4 is 5.32 Å². The average Bonchev–Trinajstić information content (AvgIpc) is 3.37. The summed E-state index contributed by atoms with van der Waals surface area (Å²) in [4.78, 5) is 18.0. The predicted octanol–water partition coefficient (Wildman–Crippen LogP) is 4.73. The highest BCUT2D eigenvalue weighted by atomic mass is 32.1. The van der Waals surface area contributed by atoms with Gasteiger partial charge in [0.1, 0.15) is 0 Å². The van der Waals surface area contributed by atoms with E-state index in [1.54, 1.807) is 11.3 Å². The van der Waals surface area contributed by atoms with Crippen molar-refractivity contribution in [3.05, 3.63) is 76.9 Å². The van der Waals surface area contributed by atoms with Crippen molar-refractivity contribution in [2.24, 2.45) is 0 Å². The molecule has 4 aromatic rings. The molecular weight excluding hydrogens is 354 g/mol. The number of nitrogens with one attached hydrogen (secondary N) is 1. The minimum Gasteiger partial charge on any atom is -0.326 e. The zero-order chi connectivity index (χ0) is 18.2. The molecular formula is C22H19N3OS. The number of amides is 1. The first-order valence-electron chi connectivity index (χ1n) is 9.18. The maximum atomic E-state index is 12.4. The van der Waals surface area contributed by atoms with E-state index in [-0.39, 0.29) is 5.91 Å². The molecule has 4 nitrogen and oxygen atoms in total. The Kier molecular flexibility index (Phi) is 4.02. The maximum Gasteiger partial charge on any atom is 0.228 e. The summed E-state index contributed by atoms with van der Waals surface area (Å²) in [6.45, 7) is 0. The fourth-order valence-electron chi connectivity index (χ4n) is 3.72. The third-order valence-corrected chi connectivity index (χ3v) is 5.86. The highest BCUT2D eigenvalue weighted by Gasteiger charge is 2.12. The van der Waals surface area contributed by atoms with Crippen LogP contribution in [0.4, 0.5) is 5.69 Å². The van der Waals surface area contributed by atoms with E-state index in [1.807, 2.05) is 46.4 Å². The molecule has 0 bridgehead atoms. The third kappa shape index (κ3) is 3.26. The lowest BCUT2D eigenvalue weighted by molar-refractivity contribution is -0.115. The van der Waals surface area contributed by atoms with Crippen molar-refractivity contribution < 1.29 is 4.79 Å². The van der Waals surface area contributed by atoms with Crippen LogP contribution in [0.1, 0.15) is 23.1 Å². The second-order valence-corrected chi connectivity index (χ2v) is 7.85. The number of carbonyl (C=O) groups excluding carboxylic acids is 1. The molecule has 134 valence electrons. The molecule has 1 aliphatic carbocycles. The van der Waals surface area contributed by atoms with E-state index >= 15 is 0 Å². The number of thiazole rings is 1. The number of aromatic nitrogens is 2. The van der Waals surface area contributed by atoms with Crippen LogP contribution in [0.25, 0.3) is 16.2 Å². The van der Waals surface area contributed by atoms with Crippen LogP contribution >= 0.6 is 11.3 Å². The van der Waals surface area contributed by atoms with Crippen molar-refractivity contribution in [2.75, 3.05) is 5.32 Å². The molecule has 2 aromatic heterocycles. The Balaban J connectivity index is 1.26. The van der Waals surface area contributed by atoms with Gasteiger partial charge in [-0.2, -0.15) is 0 Å². The number of hydrogen-bond donors (Lipinski definition) is 1. The van der Waals surface area contributed by atoms with Crippen LogP contribution in [0, 0.1) is 0 Å². The van der Waals surface area contributed by atoms with Gasteiger partial charge in [-0.15, -0.1) is 11.3 Å². The van der Waals surface area contributed by atoms with Gasteiger partial charge >= 0.3 is 0 Å². The van der Waals surface area contributed by atoms with E-state index in [2.05, 4.69) is 28.5 Å². The lowest BCUT2D eigenvalue weighted by atomic mass is 10.0. The van der Waals surface area contributed by atoms with Crippen LogP contribution in [0.5, 0.6) is 0 Å². The molecule has 1 amide bonds. The SMILES string of the molecule is O=C(Cc1ccc2c(c1)CCC2)Nc1ccc(-c2cn3ccsc3n2)cc1. The summed E-state index contributed by atoms with van der Waals surface area (Å²) in [5.41, 5.74) is 6.73. The highest BCUT2D eigenvalue weighted by molar-refractivity contribution is 7.15. The monoisotopic (exact) mass is 373 g/mol. The fraction of sp³-hybridized carbons (Fsp3) is 0.182. The third-order valence-electron chi connectivity index (χ3n) is 5.09. The molecule has 27 heavy (non-hydrogen) atoms. The van der Waals surface area contributed by atoms with Crippen LogP contribution in [0.2, 0.25) is 0 Å². The molecule has 5 heteroatoms. The predicted molar refractivity (Wildman–Crippen MR) is 109 cm³/mol. The van der Waals surface area contributed by atoms with Gasteiger partial charge in [-0.25, -0.2) is 4.98 Å². The van der Waals surface area contributed by atoms with Crippen molar-refractivity contribution in [3.63, 3.8) is 0 Å². The van der Waals surface area contributed by atoms with E-state index in [4.69, 9.17) is 0 Å². The lowest BCUT2D eigenvalue weighted by Crippen LogP contribution is -2.14. The normalized spacial score (nSPS) is 13.0. The van der Waals surface area contributed by atoms with Gasteiger partial charge in [-0.05, 0) is 48.1 Å². The molecule has 0 saturated heterocycles. The molecule has 0 fully saturated rings. The molecule has 0 spiro atoms. The summed E-state index contributed by atoms with van der Waals surface area (Å²) >= 11 is 1.62. The Hall–Kier alpha value is -2.92. The summed E-state index contributed by atoms with van der Waals surface area (Å²) in [7, 11) is 0. The minimum absolute atomic E-state index is 0.0169. The van der Waals surface area contributed by atoms with Crippen molar-refractivity contribution in [2.45, 2.75) is 25.7 Å². The summed E-state index contributed by atoms with van der Waals surface area (Å²) in [5.74, 6) is 0.0169. The van der Waals surface area contributed by atoms with E-state index in [9.17, 15) is 4.79 Å². The Morgan fingerprint density at radius 3 is 2.81 bits per heavy atom. The largest absolute Gasteiger partial charge is 0.326 e. The van der Waals surface area contributed by atoms with E-state index in [0.717, 1.165) is 33.9 Å². The molecule has 0 aliphatic heterocycles. The fourth-order valence-corrected chi connectivity index (χ4v) is 4.42. The highest BCUT2D eigenvalue weighted by Crippen LogP contribution is 2.24. The molecule has 0 saturated carbocycles. The van der Waals surface area contributed by atoms with Crippen molar-refractivity contribution in [1.29, 1.82) is 0 Å². The van der Waals surface area contributed by atoms with Gasteiger partial charge < -0.3 is 5.32 Å². The molecule has 2 aromatic carbocycles. The number of imidazole rings is 1. The minimum atomic E-state index is 0.0169. The lowest BCUT2D eigenvalue weighted by Gasteiger charge is -2.07. The number of fused-ring (bicyclic) bond motifs is 2. The van der Waals surface area contributed by atoms with Crippen molar-refractivity contribution in [3.8, 4) is 11.3 Å². The smallest absolute Gasteiger partial charge is 0.228 e. The maximum absolute atomic E-state index is 12.4. The van der Waals surface area contributed by atoms with Crippen molar-refractivity contribution in [1.82, 2.24) is 9.38 Å². The first-order chi connectivity index (χ1) is 13.2. The number of nitrogens with zero attached hydrogens (tertiary/aromatic N) is 2. The van der Waals surface area contributed by atoms with E-state index < -0.39 is 0 Å². The molecule has 1 aliphatic rings. The van der Waals surface area contributed by atoms with Crippen molar-refractivity contribution >= 4 is 27.9 Å². The van der Waals surface area contributed by atoms with Gasteiger partial charge in [-0.1, -0.05) is 30.3 Å². The number of carbonyl (C=O) groups is 1. The molecule has 1 N–H and O–H groups in total. The molecule has 2 heterocycles. The first kappa shape index (κ1) is 16.3. The first-order valence-corrected chi connectivity index (χ1v) is 10.1. The molecule has 0 atom stereocenters. The van der Waals surface area contributed by atoms with Crippen LogP contribution in [0.3, 0.4) is 0 Å². The van der Waals surface area contributed by atoms with Gasteiger partial charge in [0, 0.05) is 29.0 Å². The van der Waals surface area contributed by atoms with E-state index in [0.29, 0.717) is 6.42 Å². The zero-order valence-corrected chi connectivity index (χ0v) is 15.6. The standard InChI is InChI=1S/C22H19N3OS/c26-21(13-15-4-5-16-2-1-3-18(16)12-15)23-19-8-6-17(7-9-19)20-14-25-10-11-27-22(25)24-20/h4-12,14H,1-3,13H2,(H,23,26). The van der Waals surface area contributed by atoms with Gasteiger partial charge in [0.05, 0.1) is 12.1 Å². The summed E-state index contributed by atoms with van der Waals surface area (Å²) in [6.07, 6.45) is 7.97. The molecule has 0 radical (unpaired) electrons. The summed E-state index contributed by atoms with van der Waals surface area (Å²) < 4.78 is 2.02. The summed E-state index contributed by atoms with van der Waals surface area (Å²) in [6, 6.07) is 14.3. The Morgan fingerprint density at radius 1 is 1.11 bits per heavy atom. The van der Waals surface area contributed by atoms with E-state index in [1.165, 1.54) is 24.0 Å². The summed E-state index contributed by atoms with van der Waals surface area (Å²) in [5, 5.41) is 5.02. The number of anilines is 1. The number of aryl methyl sites for hydroxylation is 2. The Bertz CT molecular complexity index is 1100. The zero-order valence-electron chi connectivity index (χ0n) is 14.8. The van der Waals surface area contributed by atoms with Crippen LogP contribution in [0.15, 0.2) is 60.2 Å². The number of rotatable bonds is 4. The second-order valence-electron chi connectivity index (χ2n) is 6.98. The quantitative estimate of drug-likeness (QED) is 0.562. The Morgan fingerprint density at radius 2 is 1.96 bits per heavy atom. The number of benzene rings is 2. The Labute approximate surface area is 161 Å². The van der Waals surface area contributed by atoms with Gasteiger partial charge in [0.25, 0.3) is 0 Å². The van der Waals surface area contributed by atoms with Gasteiger partial charge in [-0.3, -0.25) is 9.20 Å². The van der Waals surface area contributed by atoms with Crippen LogP contribution in [-0.4, -0.2) is 15.3 Å². The topological polar surface area (TPSA) is 46.4 Å².